The molecule has 0 saturated carbocycles. The second-order valence-electron chi connectivity index (χ2n) is 5.78. The van der Waals surface area contributed by atoms with E-state index in [2.05, 4.69) is 41.4 Å². The van der Waals surface area contributed by atoms with Gasteiger partial charge in [0.05, 0.1) is 0 Å². The van der Waals surface area contributed by atoms with E-state index in [1.54, 1.807) is 0 Å². The highest BCUT2D eigenvalue weighted by atomic mass is 19.1. The lowest BCUT2D eigenvalue weighted by molar-refractivity contribution is 0.133. The Balaban J connectivity index is 1.71. The van der Waals surface area contributed by atoms with Crippen LogP contribution in [0.5, 0.6) is 0 Å². The average molecular weight is 284 g/mol. The summed E-state index contributed by atoms with van der Waals surface area (Å²) < 4.78 is 13.0. The molecule has 1 N–H and O–H groups in total. The van der Waals surface area contributed by atoms with Crippen LogP contribution in [0.4, 0.5) is 4.39 Å². The van der Waals surface area contributed by atoms with Crippen LogP contribution in [0.15, 0.2) is 54.6 Å². The molecule has 110 valence electrons. The minimum absolute atomic E-state index is 0.177. The van der Waals surface area contributed by atoms with Crippen molar-refractivity contribution >= 4 is 0 Å². The van der Waals surface area contributed by atoms with E-state index in [0.29, 0.717) is 6.04 Å². The lowest BCUT2D eigenvalue weighted by Gasteiger charge is -2.39. The van der Waals surface area contributed by atoms with E-state index in [4.69, 9.17) is 0 Å². The molecule has 2 nitrogen and oxygen atoms in total. The van der Waals surface area contributed by atoms with E-state index < -0.39 is 0 Å². The zero-order valence-corrected chi connectivity index (χ0v) is 12.3. The minimum Gasteiger partial charge on any atom is -0.307 e. The molecule has 0 aliphatic carbocycles. The number of hydrogen-bond donors (Lipinski definition) is 1. The third-order valence-corrected chi connectivity index (χ3v) is 4.20. The third-order valence-electron chi connectivity index (χ3n) is 4.20. The molecule has 21 heavy (non-hydrogen) atoms. The van der Waals surface area contributed by atoms with Crippen LogP contribution in [0.3, 0.4) is 0 Å². The van der Waals surface area contributed by atoms with Gasteiger partial charge in [0.1, 0.15) is 5.82 Å². The summed E-state index contributed by atoms with van der Waals surface area (Å²) in [5.41, 5.74) is 2.49. The van der Waals surface area contributed by atoms with Crippen molar-refractivity contribution < 1.29 is 4.39 Å². The number of piperazine rings is 1. The molecule has 3 heteroatoms. The molecule has 0 aromatic heterocycles. The molecule has 2 aromatic rings. The zero-order valence-electron chi connectivity index (χ0n) is 12.3. The zero-order chi connectivity index (χ0) is 14.7. The molecule has 3 rings (SSSR count). The molecular formula is C18H21FN2. The smallest absolute Gasteiger partial charge is 0.123 e. The quantitative estimate of drug-likeness (QED) is 0.929. The van der Waals surface area contributed by atoms with Crippen molar-refractivity contribution in [3.8, 4) is 0 Å². The maximum atomic E-state index is 13.0. The molecule has 1 fully saturated rings. The van der Waals surface area contributed by atoms with Crippen LogP contribution in [0.2, 0.25) is 0 Å². The molecule has 1 heterocycles. The van der Waals surface area contributed by atoms with Crippen LogP contribution in [-0.2, 0) is 6.54 Å². The lowest BCUT2D eigenvalue weighted by Crippen LogP contribution is -2.50. The van der Waals surface area contributed by atoms with Gasteiger partial charge in [0, 0.05) is 31.7 Å². The Kier molecular flexibility index (Phi) is 4.32. The van der Waals surface area contributed by atoms with Gasteiger partial charge in [-0.05, 0) is 30.2 Å². The molecule has 2 atom stereocenters. The van der Waals surface area contributed by atoms with Gasteiger partial charge >= 0.3 is 0 Å². The molecule has 0 amide bonds. The first-order valence-electron chi connectivity index (χ1n) is 7.49. The van der Waals surface area contributed by atoms with Crippen LogP contribution in [-0.4, -0.2) is 24.0 Å². The second-order valence-corrected chi connectivity index (χ2v) is 5.78. The number of halogens is 1. The summed E-state index contributed by atoms with van der Waals surface area (Å²) in [6.45, 7) is 5.11. The molecule has 0 radical (unpaired) electrons. The van der Waals surface area contributed by atoms with Gasteiger partial charge in [-0.1, -0.05) is 42.5 Å². The van der Waals surface area contributed by atoms with Crippen LogP contribution in [0.1, 0.15) is 24.1 Å². The number of nitrogens with zero attached hydrogens (tertiary/aromatic N) is 1. The average Bonchev–Trinajstić information content (AvgIpc) is 2.51. The molecule has 1 aliphatic rings. The maximum absolute atomic E-state index is 13.0. The Bertz CT molecular complexity index is 568. The van der Waals surface area contributed by atoms with Crippen LogP contribution in [0.25, 0.3) is 0 Å². The van der Waals surface area contributed by atoms with E-state index in [1.165, 1.54) is 17.7 Å². The summed E-state index contributed by atoms with van der Waals surface area (Å²) in [7, 11) is 0. The first-order chi connectivity index (χ1) is 10.2. The van der Waals surface area contributed by atoms with E-state index in [0.717, 1.165) is 25.2 Å². The fourth-order valence-electron chi connectivity index (χ4n) is 2.88. The number of rotatable bonds is 3. The topological polar surface area (TPSA) is 15.3 Å². The summed E-state index contributed by atoms with van der Waals surface area (Å²) >= 11 is 0. The van der Waals surface area contributed by atoms with Crippen molar-refractivity contribution in [1.82, 2.24) is 10.2 Å². The fraction of sp³-hybridized carbons (Fsp3) is 0.333. The SMILES string of the molecule is CC1CNC(c2ccc(F)cc2)CN1Cc1ccccc1. The van der Waals surface area contributed by atoms with Gasteiger partial charge < -0.3 is 5.32 Å². The van der Waals surface area contributed by atoms with Crippen molar-refractivity contribution in [2.45, 2.75) is 25.6 Å². The largest absolute Gasteiger partial charge is 0.307 e. The molecular weight excluding hydrogens is 263 g/mol. The molecule has 1 saturated heterocycles. The van der Waals surface area contributed by atoms with Gasteiger partial charge in [-0.15, -0.1) is 0 Å². The monoisotopic (exact) mass is 284 g/mol. The molecule has 2 aromatic carbocycles. The summed E-state index contributed by atoms with van der Waals surface area (Å²) in [6, 6.07) is 18.2. The van der Waals surface area contributed by atoms with E-state index in [1.807, 2.05) is 18.2 Å². The van der Waals surface area contributed by atoms with E-state index in [-0.39, 0.29) is 11.9 Å². The summed E-state index contributed by atoms with van der Waals surface area (Å²) in [5.74, 6) is -0.177. The van der Waals surface area contributed by atoms with Crippen molar-refractivity contribution in [3.05, 3.63) is 71.5 Å². The van der Waals surface area contributed by atoms with Crippen molar-refractivity contribution in [2.75, 3.05) is 13.1 Å². The predicted molar refractivity (Wildman–Crippen MR) is 83.5 cm³/mol. The molecule has 0 spiro atoms. The van der Waals surface area contributed by atoms with Crippen molar-refractivity contribution in [3.63, 3.8) is 0 Å². The Morgan fingerprint density at radius 3 is 2.52 bits per heavy atom. The van der Waals surface area contributed by atoms with Gasteiger partial charge in [0.25, 0.3) is 0 Å². The first-order valence-corrected chi connectivity index (χ1v) is 7.49. The van der Waals surface area contributed by atoms with Crippen LogP contribution < -0.4 is 5.32 Å². The minimum atomic E-state index is -0.177. The van der Waals surface area contributed by atoms with Gasteiger partial charge in [0.15, 0.2) is 0 Å². The van der Waals surface area contributed by atoms with Crippen LogP contribution in [0, 0.1) is 5.82 Å². The van der Waals surface area contributed by atoms with Crippen molar-refractivity contribution in [1.29, 1.82) is 0 Å². The lowest BCUT2D eigenvalue weighted by atomic mass is 10.0. The fourth-order valence-corrected chi connectivity index (χ4v) is 2.88. The Labute approximate surface area is 125 Å². The van der Waals surface area contributed by atoms with Crippen LogP contribution >= 0.6 is 0 Å². The number of benzene rings is 2. The normalized spacial score (nSPS) is 23.1. The van der Waals surface area contributed by atoms with E-state index >= 15 is 0 Å². The number of nitrogens with one attached hydrogen (secondary N) is 1. The van der Waals surface area contributed by atoms with Gasteiger partial charge in [-0.2, -0.15) is 0 Å². The number of hydrogen-bond acceptors (Lipinski definition) is 2. The Morgan fingerprint density at radius 1 is 1.10 bits per heavy atom. The van der Waals surface area contributed by atoms with Gasteiger partial charge in [0.2, 0.25) is 0 Å². The molecule has 0 bridgehead atoms. The highest BCUT2D eigenvalue weighted by Gasteiger charge is 2.25. The van der Waals surface area contributed by atoms with E-state index in [9.17, 15) is 4.39 Å². The van der Waals surface area contributed by atoms with Gasteiger partial charge in [-0.3, -0.25) is 4.90 Å². The Hall–Kier alpha value is -1.71. The standard InChI is InChI=1S/C18H21FN2/c1-14-11-20-18(16-7-9-17(19)10-8-16)13-21(14)12-15-5-3-2-4-6-15/h2-10,14,18,20H,11-13H2,1H3. The summed E-state index contributed by atoms with van der Waals surface area (Å²) in [6.07, 6.45) is 0. The predicted octanol–water partition coefficient (Wildman–Crippen LogP) is 3.36. The highest BCUT2D eigenvalue weighted by Crippen LogP contribution is 2.21. The molecule has 2 unspecified atom stereocenters. The van der Waals surface area contributed by atoms with Crippen molar-refractivity contribution in [2.24, 2.45) is 0 Å². The summed E-state index contributed by atoms with van der Waals surface area (Å²) in [5, 5.41) is 3.56. The van der Waals surface area contributed by atoms with Gasteiger partial charge in [-0.25, -0.2) is 4.39 Å². The summed E-state index contributed by atoms with van der Waals surface area (Å²) in [4.78, 5) is 2.49. The third kappa shape index (κ3) is 3.49. The second kappa shape index (κ2) is 6.37. The first kappa shape index (κ1) is 14.2. The highest BCUT2D eigenvalue weighted by molar-refractivity contribution is 5.21. The maximum Gasteiger partial charge on any atom is 0.123 e. The Morgan fingerprint density at radius 2 is 1.81 bits per heavy atom. The molecule has 1 aliphatic heterocycles.